The highest BCUT2D eigenvalue weighted by molar-refractivity contribution is 5.99. The second kappa shape index (κ2) is 7.50. The van der Waals surface area contributed by atoms with Crippen LogP contribution in [0.25, 0.3) is 0 Å². The van der Waals surface area contributed by atoms with E-state index in [4.69, 9.17) is 9.47 Å². The Kier molecular flexibility index (Phi) is 5.42. The molecular weight excluding hydrogens is 310 g/mol. The van der Waals surface area contributed by atoms with E-state index in [1.807, 2.05) is 0 Å². The number of carbonyl (C=O) groups excluding carboxylic acids is 2. The summed E-state index contributed by atoms with van der Waals surface area (Å²) >= 11 is 0. The van der Waals surface area contributed by atoms with Gasteiger partial charge in [0.2, 0.25) is 0 Å². The van der Waals surface area contributed by atoms with E-state index in [-0.39, 0.29) is 11.3 Å². The lowest BCUT2D eigenvalue weighted by Gasteiger charge is -2.15. The number of hydrogen-bond acceptors (Lipinski definition) is 5. The second-order valence-corrected chi connectivity index (χ2v) is 5.21. The number of benzene rings is 2. The number of aromatic hydroxyl groups is 1. The van der Waals surface area contributed by atoms with Crippen LogP contribution in [0.2, 0.25) is 0 Å². The lowest BCUT2D eigenvalue weighted by molar-refractivity contribution is -0.123. The minimum absolute atomic E-state index is 0.0203. The van der Waals surface area contributed by atoms with Crippen molar-refractivity contribution in [3.8, 4) is 11.5 Å². The second-order valence-electron chi connectivity index (χ2n) is 5.21. The van der Waals surface area contributed by atoms with Gasteiger partial charge in [0.25, 0.3) is 5.91 Å². The summed E-state index contributed by atoms with van der Waals surface area (Å²) < 4.78 is 10.3. The molecule has 0 aromatic heterocycles. The molecule has 1 amide bonds. The maximum Gasteiger partial charge on any atom is 0.342 e. The molecule has 6 heteroatoms. The third kappa shape index (κ3) is 3.84. The molecule has 24 heavy (non-hydrogen) atoms. The predicted octanol–water partition coefficient (Wildman–Crippen LogP) is 2.89. The average molecular weight is 329 g/mol. The summed E-state index contributed by atoms with van der Waals surface area (Å²) in [5.74, 6) is -0.917. The monoisotopic (exact) mass is 329 g/mol. The third-order valence-electron chi connectivity index (χ3n) is 3.48. The number of phenolic OH excluding ortho intramolecular Hbond substituents is 1. The van der Waals surface area contributed by atoms with Crippen LogP contribution < -0.4 is 10.1 Å². The van der Waals surface area contributed by atoms with Gasteiger partial charge in [-0.05, 0) is 37.6 Å². The molecule has 2 rings (SSSR count). The molecule has 126 valence electrons. The number of hydrogen-bond donors (Lipinski definition) is 2. The largest absolute Gasteiger partial charge is 0.507 e. The van der Waals surface area contributed by atoms with Gasteiger partial charge in [-0.25, -0.2) is 4.79 Å². The molecule has 1 atom stereocenters. The van der Waals surface area contributed by atoms with Gasteiger partial charge in [-0.15, -0.1) is 0 Å². The van der Waals surface area contributed by atoms with Crippen molar-refractivity contribution in [2.24, 2.45) is 0 Å². The van der Waals surface area contributed by atoms with E-state index >= 15 is 0 Å². The van der Waals surface area contributed by atoms with E-state index in [0.717, 1.165) is 0 Å². The number of amides is 1. The molecule has 6 nitrogen and oxygen atoms in total. The van der Waals surface area contributed by atoms with Crippen LogP contribution in [0.5, 0.6) is 11.5 Å². The zero-order valence-electron chi connectivity index (χ0n) is 13.7. The predicted molar refractivity (Wildman–Crippen MR) is 89.3 cm³/mol. The summed E-state index contributed by atoms with van der Waals surface area (Å²) in [6, 6.07) is 11.7. The molecule has 0 radical (unpaired) electrons. The Morgan fingerprint density at radius 2 is 1.83 bits per heavy atom. The summed E-state index contributed by atoms with van der Waals surface area (Å²) in [4.78, 5) is 24.3. The lowest BCUT2D eigenvalue weighted by Crippen LogP contribution is -2.30. The Balaban J connectivity index is 2.06. The van der Waals surface area contributed by atoms with Crippen LogP contribution in [0, 0.1) is 6.92 Å². The minimum Gasteiger partial charge on any atom is -0.507 e. The highest BCUT2D eigenvalue weighted by Gasteiger charge is 2.22. The third-order valence-corrected chi connectivity index (χ3v) is 3.48. The van der Waals surface area contributed by atoms with Gasteiger partial charge in [0.05, 0.1) is 12.8 Å². The smallest absolute Gasteiger partial charge is 0.342 e. The standard InChI is InChI=1S/C18H19NO5/c1-11-7-6-8-13(16(11)20)18(22)24-12(2)17(21)19-14-9-4-5-10-15(14)23-3/h4-10,12,20H,1-3H3,(H,19,21). The molecule has 2 aromatic carbocycles. The number of rotatable bonds is 5. The zero-order valence-corrected chi connectivity index (χ0v) is 13.7. The first-order valence-corrected chi connectivity index (χ1v) is 7.37. The van der Waals surface area contributed by atoms with Crippen molar-refractivity contribution in [1.82, 2.24) is 0 Å². The van der Waals surface area contributed by atoms with E-state index in [9.17, 15) is 14.7 Å². The van der Waals surface area contributed by atoms with Gasteiger partial charge < -0.3 is 19.9 Å². The zero-order chi connectivity index (χ0) is 17.7. The van der Waals surface area contributed by atoms with Crippen LogP contribution in [0.3, 0.4) is 0 Å². The van der Waals surface area contributed by atoms with Gasteiger partial charge in [-0.3, -0.25) is 4.79 Å². The van der Waals surface area contributed by atoms with E-state index in [1.165, 1.54) is 20.1 Å². The molecule has 0 saturated heterocycles. The first kappa shape index (κ1) is 17.3. The van der Waals surface area contributed by atoms with Crippen LogP contribution in [0.4, 0.5) is 5.69 Å². The van der Waals surface area contributed by atoms with Crippen molar-refractivity contribution in [3.05, 3.63) is 53.6 Å². The summed E-state index contributed by atoms with van der Waals surface area (Å²) in [5, 5.41) is 12.5. The fourth-order valence-corrected chi connectivity index (χ4v) is 2.08. The van der Waals surface area contributed by atoms with Crippen LogP contribution in [0.1, 0.15) is 22.8 Å². The van der Waals surface area contributed by atoms with Crippen molar-refractivity contribution in [2.75, 3.05) is 12.4 Å². The van der Waals surface area contributed by atoms with Crippen LogP contribution in [-0.4, -0.2) is 30.2 Å². The van der Waals surface area contributed by atoms with E-state index in [0.29, 0.717) is 17.0 Å². The first-order chi connectivity index (χ1) is 11.4. The minimum atomic E-state index is -1.04. The Morgan fingerprint density at radius 1 is 1.12 bits per heavy atom. The van der Waals surface area contributed by atoms with E-state index < -0.39 is 18.0 Å². The first-order valence-electron chi connectivity index (χ1n) is 7.37. The molecule has 0 heterocycles. The van der Waals surface area contributed by atoms with Crippen LogP contribution in [0.15, 0.2) is 42.5 Å². The Labute approximate surface area is 140 Å². The fourth-order valence-electron chi connectivity index (χ4n) is 2.08. The summed E-state index contributed by atoms with van der Waals surface area (Å²) in [6.45, 7) is 3.12. The molecule has 0 aliphatic heterocycles. The van der Waals surface area contributed by atoms with Crippen LogP contribution in [-0.2, 0) is 9.53 Å². The number of carbonyl (C=O) groups is 2. The van der Waals surface area contributed by atoms with Crippen molar-refractivity contribution < 1.29 is 24.2 Å². The highest BCUT2D eigenvalue weighted by Crippen LogP contribution is 2.24. The number of nitrogens with one attached hydrogen (secondary N) is 1. The molecule has 0 aliphatic carbocycles. The number of para-hydroxylation sites is 3. The van der Waals surface area contributed by atoms with Crippen molar-refractivity contribution in [2.45, 2.75) is 20.0 Å². The molecule has 0 aliphatic rings. The van der Waals surface area contributed by atoms with Crippen molar-refractivity contribution >= 4 is 17.6 Å². The summed E-state index contributed by atoms with van der Waals surface area (Å²) in [7, 11) is 1.49. The van der Waals surface area contributed by atoms with E-state index in [1.54, 1.807) is 43.3 Å². The molecule has 2 aromatic rings. The lowest BCUT2D eigenvalue weighted by atomic mass is 10.1. The van der Waals surface area contributed by atoms with Crippen molar-refractivity contribution in [1.29, 1.82) is 0 Å². The Bertz CT molecular complexity index is 757. The number of anilines is 1. The van der Waals surface area contributed by atoms with Gasteiger partial charge in [0.1, 0.15) is 17.1 Å². The molecule has 0 bridgehead atoms. The number of esters is 1. The van der Waals surface area contributed by atoms with Gasteiger partial charge in [0.15, 0.2) is 6.10 Å². The fraction of sp³-hybridized carbons (Fsp3) is 0.222. The number of phenols is 1. The number of ether oxygens (including phenoxy) is 2. The SMILES string of the molecule is COc1ccccc1NC(=O)C(C)OC(=O)c1cccc(C)c1O. The Hall–Kier alpha value is -3.02. The average Bonchev–Trinajstić information content (AvgIpc) is 2.57. The molecule has 0 fully saturated rings. The summed E-state index contributed by atoms with van der Waals surface area (Å²) in [6.07, 6.45) is -1.04. The summed E-state index contributed by atoms with van der Waals surface area (Å²) in [5.41, 5.74) is 1.05. The number of methoxy groups -OCH3 is 1. The molecular formula is C18H19NO5. The van der Waals surface area contributed by atoms with Crippen molar-refractivity contribution in [3.63, 3.8) is 0 Å². The Morgan fingerprint density at radius 3 is 2.54 bits per heavy atom. The van der Waals surface area contributed by atoms with E-state index in [2.05, 4.69) is 5.32 Å². The van der Waals surface area contributed by atoms with Gasteiger partial charge in [0, 0.05) is 0 Å². The molecule has 2 N–H and O–H groups in total. The quantitative estimate of drug-likeness (QED) is 0.824. The maximum absolute atomic E-state index is 12.2. The topological polar surface area (TPSA) is 84.9 Å². The van der Waals surface area contributed by atoms with Crippen LogP contribution >= 0.6 is 0 Å². The van der Waals surface area contributed by atoms with Gasteiger partial charge in [-0.1, -0.05) is 24.3 Å². The van der Waals surface area contributed by atoms with Gasteiger partial charge >= 0.3 is 5.97 Å². The highest BCUT2D eigenvalue weighted by atomic mass is 16.5. The normalized spacial score (nSPS) is 11.5. The molecule has 0 saturated carbocycles. The molecule has 1 unspecified atom stereocenters. The maximum atomic E-state index is 12.2. The number of aryl methyl sites for hydroxylation is 1. The molecule has 0 spiro atoms. The van der Waals surface area contributed by atoms with Gasteiger partial charge in [-0.2, -0.15) is 0 Å².